The minimum absolute atomic E-state index is 0. The van der Waals surface area contributed by atoms with E-state index >= 15 is 0 Å². The Labute approximate surface area is 486 Å². The number of fused-ring (bicyclic) bond motifs is 6. The minimum atomic E-state index is -4.63. The van der Waals surface area contributed by atoms with Crippen LogP contribution in [0.5, 0.6) is 11.5 Å². The summed E-state index contributed by atoms with van der Waals surface area (Å²) in [6.45, 7) is -3.28. The van der Waals surface area contributed by atoms with Gasteiger partial charge in [-0.05, 0) is 126 Å². The second-order valence-electron chi connectivity index (χ2n) is 21.5. The molecule has 10 aromatic rings. The van der Waals surface area contributed by atoms with E-state index in [1.807, 2.05) is 36.5 Å². The summed E-state index contributed by atoms with van der Waals surface area (Å²) >= 11 is 0. The number of hydrogen-bond donors (Lipinski definition) is 0. The summed E-state index contributed by atoms with van der Waals surface area (Å²) in [4.78, 5) is 5.08. The summed E-state index contributed by atoms with van der Waals surface area (Å²) in [5.41, 5.74) is -11.1. The molecule has 7 aromatic carbocycles. The summed E-state index contributed by atoms with van der Waals surface area (Å²) in [7, 11) is 0. The third-order valence-electron chi connectivity index (χ3n) is 14.5. The van der Waals surface area contributed by atoms with E-state index in [9.17, 15) is 12.3 Å². The predicted octanol–water partition coefficient (Wildman–Crippen LogP) is 16.9. The van der Waals surface area contributed by atoms with E-state index in [1.165, 1.54) is 32.4 Å². The van der Waals surface area contributed by atoms with E-state index in [0.29, 0.717) is 22.6 Å². The number of ether oxygens (including phenoxy) is 1. The molecule has 3 aromatic heterocycles. The number of hydrogen-bond acceptors (Lipinski definition) is 2. The van der Waals surface area contributed by atoms with E-state index in [4.69, 9.17) is 30.3 Å². The third-order valence-corrected chi connectivity index (χ3v) is 14.5. The van der Waals surface area contributed by atoms with Crippen molar-refractivity contribution >= 4 is 32.8 Å². The van der Waals surface area contributed by atoms with Crippen molar-refractivity contribution in [3.05, 3.63) is 198 Å². The van der Waals surface area contributed by atoms with E-state index in [2.05, 4.69) is 56.8 Å². The number of nitrogens with zero attached hydrogens (tertiary/aromatic N) is 4. The maximum Gasteiger partial charge on any atom is 0.268 e. The molecule has 0 unspecified atom stereocenters. The fourth-order valence-corrected chi connectivity index (χ4v) is 10.4. The van der Waals surface area contributed by atoms with E-state index < -0.39 is 133 Å². The van der Waals surface area contributed by atoms with Crippen molar-refractivity contribution in [2.45, 2.75) is 129 Å². The Morgan fingerprint density at radius 1 is 0.662 bits per heavy atom. The van der Waals surface area contributed by atoms with Crippen LogP contribution < -0.4 is 9.30 Å². The van der Waals surface area contributed by atoms with Crippen molar-refractivity contribution < 1.29 is 63.3 Å². The zero-order valence-electron chi connectivity index (χ0n) is 65.7. The molecule has 0 amide bonds. The van der Waals surface area contributed by atoms with Crippen molar-refractivity contribution in [2.75, 3.05) is 0 Å². The summed E-state index contributed by atoms with van der Waals surface area (Å²) in [5, 5.41) is 1.85. The largest absolute Gasteiger partial charge is 0.510 e. The predicted molar refractivity (Wildman–Crippen MR) is 300 cm³/mol. The second kappa shape index (κ2) is 17.8. The number of imidazole rings is 1. The first-order valence-electron chi connectivity index (χ1n) is 36.2. The Morgan fingerprint density at radius 2 is 1.34 bits per heavy atom. The van der Waals surface area contributed by atoms with Crippen molar-refractivity contribution in [3.63, 3.8) is 0 Å². The quantitative estimate of drug-likeness (QED) is 0.118. The average molecular weight is 1170 g/mol. The van der Waals surface area contributed by atoms with Gasteiger partial charge in [0.05, 0.1) is 27.7 Å². The fraction of sp³-hybridized carbons (Fsp3) is 0.294. The van der Waals surface area contributed by atoms with Crippen LogP contribution in [0.25, 0.3) is 72.3 Å². The van der Waals surface area contributed by atoms with Crippen molar-refractivity contribution in [3.8, 4) is 50.9 Å². The molecule has 0 radical (unpaired) electrons. The number of benzene rings is 7. The smallest absolute Gasteiger partial charge is 0.268 e. The molecule has 74 heavy (non-hydrogen) atoms. The van der Waals surface area contributed by atoms with Crippen LogP contribution in [0, 0.1) is 18.5 Å². The maximum atomic E-state index is 10.4. The molecule has 2 aliphatic rings. The van der Waals surface area contributed by atoms with Crippen LogP contribution in [0.3, 0.4) is 0 Å². The molecule has 376 valence electrons. The van der Waals surface area contributed by atoms with Gasteiger partial charge in [0.25, 0.3) is 6.33 Å². The molecule has 5 nitrogen and oxygen atoms in total. The van der Waals surface area contributed by atoms with Crippen LogP contribution in [-0.2, 0) is 48.1 Å². The monoisotopic (exact) mass is 1170 g/mol. The van der Waals surface area contributed by atoms with E-state index in [1.54, 1.807) is 69.3 Å². The van der Waals surface area contributed by atoms with Crippen LogP contribution in [0.15, 0.2) is 152 Å². The van der Waals surface area contributed by atoms with Crippen LogP contribution in [0.4, 0.5) is 0 Å². The van der Waals surface area contributed by atoms with Crippen molar-refractivity contribution in [2.24, 2.45) is 0 Å². The van der Waals surface area contributed by atoms with Crippen LogP contribution in [-0.4, -0.2) is 14.1 Å². The number of rotatable bonds is 7. The molecule has 3 heterocycles. The Bertz CT molecular complexity index is 4910. The van der Waals surface area contributed by atoms with Gasteiger partial charge in [-0.2, -0.15) is 18.2 Å². The first-order chi connectivity index (χ1) is 44.7. The Morgan fingerprint density at radius 3 is 2.08 bits per heavy atom. The van der Waals surface area contributed by atoms with Gasteiger partial charge in [-0.15, -0.1) is 29.7 Å². The fourth-order valence-electron chi connectivity index (χ4n) is 10.4. The normalized spacial score (nSPS) is 23.2. The van der Waals surface area contributed by atoms with Gasteiger partial charge in [-0.25, -0.2) is 4.98 Å². The van der Waals surface area contributed by atoms with Gasteiger partial charge in [0.15, 0.2) is 0 Å². The maximum absolute atomic E-state index is 10.4. The second-order valence-corrected chi connectivity index (χ2v) is 21.5. The van der Waals surface area contributed by atoms with Gasteiger partial charge in [0, 0.05) is 66.2 Å². The third kappa shape index (κ3) is 8.35. The minimum Gasteiger partial charge on any atom is -0.510 e. The van der Waals surface area contributed by atoms with Gasteiger partial charge >= 0.3 is 0 Å². The molecule has 0 spiro atoms. The molecule has 0 bridgehead atoms. The topological polar surface area (TPSA) is 35.9 Å². The summed E-state index contributed by atoms with van der Waals surface area (Å²) in [6, 6.07) is 26.8. The average Bonchev–Trinajstić information content (AvgIpc) is 0.732. The van der Waals surface area contributed by atoms with Crippen LogP contribution >= 0.6 is 0 Å². The first kappa shape index (κ1) is 28.9. The molecule has 12 rings (SSSR count). The molecule has 6 heteroatoms. The van der Waals surface area contributed by atoms with Gasteiger partial charge in [-0.3, -0.25) is 4.57 Å². The SMILES string of the molecule is [2H]c1c([2H])c([2H])c(-c2cc(C(C)(C)C)cc(-c3c([2H])c([2H])c4c(c3[2H])C(C([2H])([2H])[2H])(C([2H])([2H])[2H])C([2H])([2H])C([2H])([2H])C4(C([2H])([2H])[2H])C([2H])([2H])[2H])c2-[n+]2[c-]n(-c3[c-]c(Oc4[c-]c5c(cc4)c4ccccc4n5-c4cc5c(cn4)C(C)(C)CCC5(C)C)ccc3)c3ccccc32)c([2H])c1[2H].[Pt]. The Hall–Kier alpha value is -6.55. The molecule has 0 atom stereocenters. The van der Waals surface area contributed by atoms with Crippen molar-refractivity contribution in [1.82, 2.24) is 14.1 Å². The van der Waals surface area contributed by atoms with Crippen LogP contribution in [0.1, 0.15) is 162 Å². The number of aromatic nitrogens is 4. The molecular formula is C68H66N4OPt-2. The van der Waals surface area contributed by atoms with Gasteiger partial charge in [-0.1, -0.05) is 184 Å². The van der Waals surface area contributed by atoms with E-state index in [0.717, 1.165) is 29.1 Å². The van der Waals surface area contributed by atoms with Gasteiger partial charge in [0.2, 0.25) is 0 Å². The summed E-state index contributed by atoms with van der Waals surface area (Å²) in [6.07, 6.45) is -1.95. The first-order valence-corrected chi connectivity index (χ1v) is 24.2. The molecule has 0 saturated heterocycles. The summed E-state index contributed by atoms with van der Waals surface area (Å²) in [5.74, 6) is 1.17. The summed E-state index contributed by atoms with van der Waals surface area (Å²) < 4.78 is 233. The molecule has 0 N–H and O–H groups in total. The number of pyridine rings is 1. The molecule has 0 aliphatic heterocycles. The van der Waals surface area contributed by atoms with Crippen LogP contribution in [0.2, 0.25) is 0 Å². The van der Waals surface area contributed by atoms with Gasteiger partial charge in [0.1, 0.15) is 5.82 Å². The van der Waals surface area contributed by atoms with Crippen molar-refractivity contribution in [1.29, 1.82) is 0 Å². The molecule has 0 fully saturated rings. The Kier molecular flexibility index (Phi) is 6.96. The molecule has 0 saturated carbocycles. The molecular weight excluding hydrogens is 1080 g/mol. The molecule has 2 aliphatic carbocycles. The zero-order chi connectivity index (χ0) is 71.4. The number of para-hydroxylation sites is 3. The standard InChI is InChI=1S/C68H66N4O.Pt/c1-64(2,3)46-37-52(44-20-13-12-14-21-44)63(53(38-46)45-28-31-54-55(36-45)66(6,7)33-32-65(54,4)5)71-43-70(59-26-17-18-27-60(59)71)47-22-19-23-48(39-47)73-49-29-30-51-50-24-15-16-25-58(50)72(61(51)40-49)62-41-56-57(42-69-62)68(10,11)35-34-67(56,8)9;/h12-31,36-38,41-42H,32-35H2,1-11H3;/q-2;/i4D3,5D3,6D3,7D3,12D,13D,14D,20D,21D,28D,31D,32D2,33D2,36D;. The Balaban J connectivity index is 0.00000972. The van der Waals surface area contributed by atoms with Gasteiger partial charge < -0.3 is 13.9 Å². The van der Waals surface area contributed by atoms with E-state index in [-0.39, 0.29) is 65.7 Å². The zero-order valence-corrected chi connectivity index (χ0v) is 44.0.